The Morgan fingerprint density at radius 3 is 2.00 bits per heavy atom. The summed E-state index contributed by atoms with van der Waals surface area (Å²) in [6.07, 6.45) is 17.3. The normalized spacial score (nSPS) is 27.3. The summed E-state index contributed by atoms with van der Waals surface area (Å²) in [4.78, 5) is 0. The average molecular weight is 423 g/mol. The molecule has 2 fully saturated rings. The SMILES string of the molecule is CCCCCCCCC1CCC(CCC2COC(c3ccc(F)c(F)c3)OC2)CC1. The summed E-state index contributed by atoms with van der Waals surface area (Å²) < 4.78 is 38.1. The molecule has 170 valence electrons. The number of ether oxygens (including phenoxy) is 2. The van der Waals surface area contributed by atoms with Crippen molar-refractivity contribution in [1.82, 2.24) is 0 Å². The predicted molar refractivity (Wildman–Crippen MR) is 117 cm³/mol. The maximum Gasteiger partial charge on any atom is 0.183 e. The van der Waals surface area contributed by atoms with Crippen molar-refractivity contribution in [2.45, 2.75) is 96.7 Å². The quantitative estimate of drug-likeness (QED) is 0.337. The molecular formula is C26H40F2O2. The first kappa shape index (κ1) is 23.7. The lowest BCUT2D eigenvalue weighted by molar-refractivity contribution is -0.206. The molecule has 0 radical (unpaired) electrons. The van der Waals surface area contributed by atoms with Gasteiger partial charge >= 0.3 is 0 Å². The number of unbranched alkanes of at least 4 members (excludes halogenated alkanes) is 5. The van der Waals surface area contributed by atoms with Gasteiger partial charge in [-0.1, -0.05) is 90.0 Å². The van der Waals surface area contributed by atoms with Crippen LogP contribution in [0.15, 0.2) is 18.2 Å². The number of halogens is 2. The van der Waals surface area contributed by atoms with Crippen molar-refractivity contribution in [3.63, 3.8) is 0 Å². The highest BCUT2D eigenvalue weighted by Crippen LogP contribution is 2.36. The number of benzene rings is 1. The van der Waals surface area contributed by atoms with E-state index in [4.69, 9.17) is 9.47 Å². The molecule has 1 aromatic rings. The maximum atomic E-state index is 13.4. The first-order valence-corrected chi connectivity index (χ1v) is 12.3. The van der Waals surface area contributed by atoms with Crippen LogP contribution in [0.3, 0.4) is 0 Å². The first-order chi connectivity index (χ1) is 14.7. The molecule has 1 saturated carbocycles. The van der Waals surface area contributed by atoms with Gasteiger partial charge < -0.3 is 9.47 Å². The summed E-state index contributed by atoms with van der Waals surface area (Å²) in [6, 6.07) is 3.84. The molecule has 2 aliphatic rings. The van der Waals surface area contributed by atoms with Crippen molar-refractivity contribution in [2.75, 3.05) is 13.2 Å². The molecule has 1 aliphatic carbocycles. The van der Waals surface area contributed by atoms with Crippen LogP contribution in [-0.4, -0.2) is 13.2 Å². The summed E-state index contributed by atoms with van der Waals surface area (Å²) in [6.45, 7) is 3.55. The van der Waals surface area contributed by atoms with Crippen LogP contribution in [0.5, 0.6) is 0 Å². The van der Waals surface area contributed by atoms with E-state index in [2.05, 4.69) is 6.92 Å². The molecule has 0 amide bonds. The van der Waals surface area contributed by atoms with Crippen LogP contribution in [-0.2, 0) is 9.47 Å². The molecule has 1 heterocycles. The minimum atomic E-state index is -0.853. The van der Waals surface area contributed by atoms with Crippen LogP contribution in [0.25, 0.3) is 0 Å². The molecule has 0 aromatic heterocycles. The molecular weight excluding hydrogens is 382 g/mol. The Morgan fingerprint density at radius 1 is 0.733 bits per heavy atom. The van der Waals surface area contributed by atoms with E-state index in [1.165, 1.54) is 89.2 Å². The molecule has 3 rings (SSSR count). The molecule has 0 spiro atoms. The van der Waals surface area contributed by atoms with E-state index in [0.29, 0.717) is 24.7 Å². The molecule has 4 heteroatoms. The zero-order valence-corrected chi connectivity index (χ0v) is 18.7. The summed E-state index contributed by atoms with van der Waals surface area (Å²) in [5.41, 5.74) is 0.552. The number of hydrogen-bond acceptors (Lipinski definition) is 2. The Morgan fingerprint density at radius 2 is 1.33 bits per heavy atom. The molecule has 1 aromatic carbocycles. The lowest BCUT2D eigenvalue weighted by Gasteiger charge is -2.32. The van der Waals surface area contributed by atoms with Gasteiger partial charge in [0, 0.05) is 11.5 Å². The Kier molecular flexibility index (Phi) is 10.1. The third kappa shape index (κ3) is 7.60. The van der Waals surface area contributed by atoms with Crippen molar-refractivity contribution in [3.05, 3.63) is 35.4 Å². The first-order valence-electron chi connectivity index (χ1n) is 12.3. The Balaban J connectivity index is 1.25. The summed E-state index contributed by atoms with van der Waals surface area (Å²) >= 11 is 0. The van der Waals surface area contributed by atoms with Gasteiger partial charge in [0.25, 0.3) is 0 Å². The highest BCUT2D eigenvalue weighted by Gasteiger charge is 2.26. The van der Waals surface area contributed by atoms with Crippen LogP contribution in [0.1, 0.15) is 102 Å². The lowest BCUT2D eigenvalue weighted by Crippen LogP contribution is -2.28. The second-order valence-electron chi connectivity index (χ2n) is 9.56. The fourth-order valence-electron chi connectivity index (χ4n) is 5.05. The van der Waals surface area contributed by atoms with Crippen molar-refractivity contribution in [2.24, 2.45) is 17.8 Å². The fraction of sp³-hybridized carbons (Fsp3) is 0.769. The molecule has 30 heavy (non-hydrogen) atoms. The summed E-state index contributed by atoms with van der Waals surface area (Å²) in [7, 11) is 0. The van der Waals surface area contributed by atoms with Crippen molar-refractivity contribution in [3.8, 4) is 0 Å². The van der Waals surface area contributed by atoms with E-state index >= 15 is 0 Å². The largest absolute Gasteiger partial charge is 0.348 e. The molecule has 2 nitrogen and oxygen atoms in total. The highest BCUT2D eigenvalue weighted by atomic mass is 19.2. The van der Waals surface area contributed by atoms with Gasteiger partial charge in [0.05, 0.1) is 13.2 Å². The molecule has 0 unspecified atom stereocenters. The summed E-state index contributed by atoms with van der Waals surface area (Å²) in [5, 5.41) is 0. The minimum absolute atomic E-state index is 0.410. The molecule has 0 atom stereocenters. The van der Waals surface area contributed by atoms with Crippen molar-refractivity contribution >= 4 is 0 Å². The Bertz CT molecular complexity index is 605. The van der Waals surface area contributed by atoms with E-state index in [0.717, 1.165) is 24.3 Å². The second-order valence-corrected chi connectivity index (χ2v) is 9.56. The zero-order valence-electron chi connectivity index (χ0n) is 18.7. The fourth-order valence-corrected chi connectivity index (χ4v) is 5.05. The standard InChI is InChI=1S/C26H40F2O2/c1-2-3-4-5-6-7-8-20-9-11-21(12-10-20)13-14-22-18-29-26(30-19-22)23-15-16-24(27)25(28)17-23/h15-17,20-22,26H,2-14,18-19H2,1H3. The minimum Gasteiger partial charge on any atom is -0.348 e. The van der Waals surface area contributed by atoms with Crippen molar-refractivity contribution in [1.29, 1.82) is 0 Å². The maximum absolute atomic E-state index is 13.4. The van der Waals surface area contributed by atoms with Gasteiger partial charge in [-0.3, -0.25) is 0 Å². The third-order valence-electron chi connectivity index (χ3n) is 7.10. The van der Waals surface area contributed by atoms with Crippen LogP contribution in [0.2, 0.25) is 0 Å². The van der Waals surface area contributed by atoms with Gasteiger partial charge in [-0.15, -0.1) is 0 Å². The van der Waals surface area contributed by atoms with Gasteiger partial charge in [-0.2, -0.15) is 0 Å². The summed E-state index contributed by atoms with van der Waals surface area (Å²) in [5.74, 6) is 0.538. The number of rotatable bonds is 11. The average Bonchev–Trinajstić information content (AvgIpc) is 2.78. The van der Waals surface area contributed by atoms with E-state index < -0.39 is 17.9 Å². The van der Waals surface area contributed by atoms with E-state index in [9.17, 15) is 8.78 Å². The third-order valence-corrected chi connectivity index (χ3v) is 7.10. The van der Waals surface area contributed by atoms with E-state index in [1.54, 1.807) is 0 Å². The Labute approximate surface area is 181 Å². The Hall–Kier alpha value is -1.00. The van der Waals surface area contributed by atoms with Crippen LogP contribution in [0, 0.1) is 29.4 Å². The molecule has 1 aliphatic heterocycles. The molecule has 1 saturated heterocycles. The van der Waals surface area contributed by atoms with Crippen LogP contribution >= 0.6 is 0 Å². The smallest absolute Gasteiger partial charge is 0.183 e. The highest BCUT2D eigenvalue weighted by molar-refractivity contribution is 5.19. The predicted octanol–water partition coefficient (Wildman–Crippen LogP) is 7.96. The number of hydrogen-bond donors (Lipinski definition) is 0. The van der Waals surface area contributed by atoms with E-state index in [1.807, 2.05) is 0 Å². The van der Waals surface area contributed by atoms with Gasteiger partial charge in [0.1, 0.15) is 0 Å². The van der Waals surface area contributed by atoms with Gasteiger partial charge in [-0.05, 0) is 30.4 Å². The van der Waals surface area contributed by atoms with Crippen LogP contribution < -0.4 is 0 Å². The zero-order chi connectivity index (χ0) is 21.2. The van der Waals surface area contributed by atoms with Crippen molar-refractivity contribution < 1.29 is 18.3 Å². The van der Waals surface area contributed by atoms with Gasteiger partial charge in [0.2, 0.25) is 0 Å². The monoisotopic (exact) mass is 422 g/mol. The second kappa shape index (κ2) is 12.8. The topological polar surface area (TPSA) is 18.5 Å². The van der Waals surface area contributed by atoms with Gasteiger partial charge in [-0.25, -0.2) is 8.78 Å². The van der Waals surface area contributed by atoms with Gasteiger partial charge in [0.15, 0.2) is 17.9 Å². The van der Waals surface area contributed by atoms with E-state index in [-0.39, 0.29) is 0 Å². The molecule has 0 N–H and O–H groups in total. The molecule has 0 bridgehead atoms. The van der Waals surface area contributed by atoms with Crippen LogP contribution in [0.4, 0.5) is 8.78 Å². The lowest BCUT2D eigenvalue weighted by atomic mass is 9.77.